The van der Waals surface area contributed by atoms with Crippen molar-refractivity contribution in [1.82, 2.24) is 9.88 Å². The number of pyridine rings is 1. The van der Waals surface area contributed by atoms with Crippen molar-refractivity contribution in [3.8, 4) is 17.4 Å². The zero-order chi connectivity index (χ0) is 21.0. The molecule has 29 heavy (non-hydrogen) atoms. The molecule has 1 N–H and O–H groups in total. The van der Waals surface area contributed by atoms with Crippen LogP contribution in [0.2, 0.25) is 0 Å². The molecule has 7 nitrogen and oxygen atoms in total. The predicted octanol–water partition coefficient (Wildman–Crippen LogP) is 3.80. The Hall–Kier alpha value is -3.17. The fourth-order valence-electron chi connectivity index (χ4n) is 2.95. The first kappa shape index (κ1) is 20.6. The van der Waals surface area contributed by atoms with Crippen LogP contribution in [-0.4, -0.2) is 49.3 Å². The number of carbonyl (C=O) groups excluding carboxylic acids is 1. The Labute approximate surface area is 165 Å². The van der Waals surface area contributed by atoms with Crippen molar-refractivity contribution in [2.24, 2.45) is 0 Å². The minimum atomic E-state index is -4.47. The van der Waals surface area contributed by atoms with E-state index in [1.165, 1.54) is 19.1 Å². The fourth-order valence-corrected chi connectivity index (χ4v) is 2.95. The number of likely N-dealkylation sites (tertiary alicyclic amines) is 1. The molecule has 1 aromatic heterocycles. The van der Waals surface area contributed by atoms with Gasteiger partial charge in [0.25, 0.3) is 0 Å². The smallest absolute Gasteiger partial charge is 0.416 e. The number of rotatable bonds is 5. The summed E-state index contributed by atoms with van der Waals surface area (Å²) in [6.45, 7) is 0.639. The van der Waals surface area contributed by atoms with Crippen molar-refractivity contribution in [2.45, 2.75) is 18.7 Å². The highest BCUT2D eigenvalue weighted by Gasteiger charge is 2.32. The topological polar surface area (TPSA) is 72.9 Å². The third-order valence-electron chi connectivity index (χ3n) is 4.42. The van der Waals surface area contributed by atoms with Gasteiger partial charge in [-0.1, -0.05) is 0 Å². The molecule has 0 aliphatic carbocycles. The van der Waals surface area contributed by atoms with E-state index in [0.29, 0.717) is 30.2 Å². The Kier molecular flexibility index (Phi) is 6.00. The number of anilines is 1. The Morgan fingerprint density at radius 3 is 2.62 bits per heavy atom. The van der Waals surface area contributed by atoms with Crippen LogP contribution in [0, 0.1) is 0 Å². The maximum absolute atomic E-state index is 12.8. The van der Waals surface area contributed by atoms with Crippen molar-refractivity contribution >= 4 is 11.7 Å². The monoisotopic (exact) mass is 411 g/mol. The van der Waals surface area contributed by atoms with Crippen molar-refractivity contribution in [2.75, 3.05) is 32.6 Å². The first-order chi connectivity index (χ1) is 13.8. The summed E-state index contributed by atoms with van der Waals surface area (Å²) in [5.41, 5.74) is -0.305. The van der Waals surface area contributed by atoms with Crippen molar-refractivity contribution in [3.05, 3.63) is 42.1 Å². The van der Waals surface area contributed by atoms with Crippen molar-refractivity contribution in [3.63, 3.8) is 0 Å². The summed E-state index contributed by atoms with van der Waals surface area (Å²) in [6.07, 6.45) is -3.38. The van der Waals surface area contributed by atoms with Crippen LogP contribution in [-0.2, 0) is 6.18 Å². The van der Waals surface area contributed by atoms with Gasteiger partial charge in [0, 0.05) is 37.0 Å². The van der Waals surface area contributed by atoms with Gasteiger partial charge in [-0.15, -0.1) is 0 Å². The first-order valence-electron chi connectivity index (χ1n) is 8.78. The minimum Gasteiger partial charge on any atom is -0.493 e. The number of amides is 2. The van der Waals surface area contributed by atoms with E-state index in [4.69, 9.17) is 14.2 Å². The lowest BCUT2D eigenvalue weighted by atomic mass is 10.2. The lowest BCUT2D eigenvalue weighted by molar-refractivity contribution is -0.137. The summed E-state index contributed by atoms with van der Waals surface area (Å²) in [7, 11) is 3.01. The maximum atomic E-state index is 12.8. The molecular formula is C19H20F3N3O4. The standard InChI is InChI=1S/C19H20F3N3O4/c1-27-15-4-3-13(10-16(15)28-2)24-18(26)25-8-6-14(11-25)29-17-9-12(5-7-23-17)19(20,21)22/h3-5,7,9-10,14H,6,8,11H2,1-2H3,(H,24,26). The van der Waals surface area contributed by atoms with Crippen LogP contribution in [0.15, 0.2) is 36.5 Å². The van der Waals surface area contributed by atoms with Gasteiger partial charge in [0.1, 0.15) is 6.10 Å². The number of halogens is 3. The molecule has 3 rings (SSSR count). The number of nitrogens with one attached hydrogen (secondary N) is 1. The van der Waals surface area contributed by atoms with E-state index in [1.54, 1.807) is 18.2 Å². The van der Waals surface area contributed by atoms with Gasteiger partial charge in [-0.25, -0.2) is 9.78 Å². The van der Waals surface area contributed by atoms with Crippen LogP contribution >= 0.6 is 0 Å². The molecule has 10 heteroatoms. The normalized spacial score (nSPS) is 16.4. The third kappa shape index (κ3) is 5.01. The van der Waals surface area contributed by atoms with Crippen molar-refractivity contribution < 1.29 is 32.2 Å². The number of ether oxygens (including phenoxy) is 3. The van der Waals surface area contributed by atoms with Gasteiger partial charge in [0.2, 0.25) is 5.88 Å². The lowest BCUT2D eigenvalue weighted by Gasteiger charge is -2.18. The number of methoxy groups -OCH3 is 2. The number of carbonyl (C=O) groups is 1. The molecule has 1 unspecified atom stereocenters. The highest BCUT2D eigenvalue weighted by Crippen LogP contribution is 2.32. The van der Waals surface area contributed by atoms with Crippen LogP contribution < -0.4 is 19.5 Å². The number of benzene rings is 1. The molecule has 2 heterocycles. The summed E-state index contributed by atoms with van der Waals surface area (Å²) in [4.78, 5) is 17.8. The molecule has 1 aliphatic rings. The number of hydrogen-bond donors (Lipinski definition) is 1. The number of alkyl halides is 3. The van der Waals surface area contributed by atoms with E-state index >= 15 is 0 Å². The molecule has 0 spiro atoms. The molecule has 1 aromatic carbocycles. The molecule has 0 radical (unpaired) electrons. The van der Waals surface area contributed by atoms with E-state index < -0.39 is 17.8 Å². The Morgan fingerprint density at radius 2 is 1.93 bits per heavy atom. The summed E-state index contributed by atoms with van der Waals surface area (Å²) in [5, 5.41) is 2.75. The zero-order valence-corrected chi connectivity index (χ0v) is 15.8. The highest BCUT2D eigenvalue weighted by atomic mass is 19.4. The van der Waals surface area contributed by atoms with Crippen LogP contribution in [0.5, 0.6) is 17.4 Å². The number of hydrogen-bond acceptors (Lipinski definition) is 5. The molecule has 2 amide bonds. The van der Waals surface area contributed by atoms with Gasteiger partial charge in [-0.2, -0.15) is 13.2 Å². The van der Waals surface area contributed by atoms with Crippen LogP contribution in [0.1, 0.15) is 12.0 Å². The molecular weight excluding hydrogens is 391 g/mol. The average molecular weight is 411 g/mol. The molecule has 1 atom stereocenters. The van der Waals surface area contributed by atoms with Gasteiger partial charge >= 0.3 is 12.2 Å². The largest absolute Gasteiger partial charge is 0.493 e. The number of urea groups is 1. The Morgan fingerprint density at radius 1 is 1.17 bits per heavy atom. The summed E-state index contributed by atoms with van der Waals surface area (Å²) in [5.74, 6) is 0.893. The molecule has 0 bridgehead atoms. The SMILES string of the molecule is COc1ccc(NC(=O)N2CCC(Oc3cc(C(F)(F)F)ccn3)C2)cc1OC. The second-order valence-electron chi connectivity index (χ2n) is 6.35. The van der Waals surface area contributed by atoms with Crippen LogP contribution in [0.3, 0.4) is 0 Å². The molecule has 1 saturated heterocycles. The summed E-state index contributed by atoms with van der Waals surface area (Å²) in [6, 6.07) is 6.36. The van der Waals surface area contributed by atoms with E-state index in [0.717, 1.165) is 18.3 Å². The Balaban J connectivity index is 1.59. The van der Waals surface area contributed by atoms with E-state index in [1.807, 2.05) is 0 Å². The summed E-state index contributed by atoms with van der Waals surface area (Å²) < 4.78 is 54.3. The van der Waals surface area contributed by atoms with E-state index in [-0.39, 0.29) is 18.5 Å². The quantitative estimate of drug-likeness (QED) is 0.810. The molecule has 0 saturated carbocycles. The number of aromatic nitrogens is 1. The first-order valence-corrected chi connectivity index (χ1v) is 8.78. The fraction of sp³-hybridized carbons (Fsp3) is 0.368. The molecule has 2 aromatic rings. The highest BCUT2D eigenvalue weighted by molar-refractivity contribution is 5.90. The third-order valence-corrected chi connectivity index (χ3v) is 4.42. The predicted molar refractivity (Wildman–Crippen MR) is 98.4 cm³/mol. The molecule has 1 fully saturated rings. The zero-order valence-electron chi connectivity index (χ0n) is 15.8. The maximum Gasteiger partial charge on any atom is 0.416 e. The molecule has 156 valence electrons. The van der Waals surface area contributed by atoms with Crippen molar-refractivity contribution in [1.29, 1.82) is 0 Å². The summed E-state index contributed by atoms with van der Waals surface area (Å²) >= 11 is 0. The van der Waals surface area contributed by atoms with Gasteiger partial charge in [-0.3, -0.25) is 0 Å². The van der Waals surface area contributed by atoms with Crippen LogP contribution in [0.25, 0.3) is 0 Å². The molecule has 1 aliphatic heterocycles. The van der Waals surface area contributed by atoms with Gasteiger partial charge in [0.15, 0.2) is 11.5 Å². The van der Waals surface area contributed by atoms with Crippen LogP contribution in [0.4, 0.5) is 23.7 Å². The van der Waals surface area contributed by atoms with Gasteiger partial charge < -0.3 is 24.4 Å². The van der Waals surface area contributed by atoms with E-state index in [2.05, 4.69) is 10.3 Å². The van der Waals surface area contributed by atoms with Gasteiger partial charge in [-0.05, 0) is 18.2 Å². The lowest BCUT2D eigenvalue weighted by Crippen LogP contribution is -2.34. The minimum absolute atomic E-state index is 0.119. The van der Waals surface area contributed by atoms with E-state index in [9.17, 15) is 18.0 Å². The average Bonchev–Trinajstić information content (AvgIpc) is 3.16. The van der Waals surface area contributed by atoms with Gasteiger partial charge in [0.05, 0.1) is 26.3 Å². The number of nitrogens with zero attached hydrogens (tertiary/aromatic N) is 2. The second-order valence-corrected chi connectivity index (χ2v) is 6.35. The second kappa shape index (κ2) is 8.46. The Bertz CT molecular complexity index is 876.